The molecule has 0 bridgehead atoms. The largest absolute Gasteiger partial charge is 0.377 e. The van der Waals surface area contributed by atoms with Gasteiger partial charge >= 0.3 is 0 Å². The summed E-state index contributed by atoms with van der Waals surface area (Å²) in [5.41, 5.74) is 7.22. The van der Waals surface area contributed by atoms with Gasteiger partial charge in [-0.25, -0.2) is 8.78 Å². The van der Waals surface area contributed by atoms with Gasteiger partial charge in [-0.2, -0.15) is 5.10 Å². The van der Waals surface area contributed by atoms with E-state index < -0.39 is 11.6 Å². The number of benzene rings is 2. The van der Waals surface area contributed by atoms with Crippen molar-refractivity contribution in [1.82, 2.24) is 0 Å². The molecule has 0 aliphatic heterocycles. The van der Waals surface area contributed by atoms with Crippen LogP contribution in [0.25, 0.3) is 0 Å². The van der Waals surface area contributed by atoms with E-state index in [-0.39, 0.29) is 10.7 Å². The summed E-state index contributed by atoms with van der Waals surface area (Å²) in [4.78, 5) is 0. The minimum atomic E-state index is -0.918. The Labute approximate surface area is 138 Å². The third kappa shape index (κ3) is 4.89. The lowest BCUT2D eigenvalue weighted by atomic mass is 10.1. The molecule has 0 saturated carbocycles. The fourth-order valence-corrected chi connectivity index (χ4v) is 2.50. The molecule has 0 aromatic heterocycles. The number of thioether (sulfide) groups is 1. The van der Waals surface area contributed by atoms with Crippen molar-refractivity contribution in [1.29, 1.82) is 0 Å². The van der Waals surface area contributed by atoms with Crippen LogP contribution in [0.3, 0.4) is 0 Å². The molecule has 0 fully saturated rings. The molecule has 0 unspecified atom stereocenters. The molecule has 0 saturated heterocycles. The van der Waals surface area contributed by atoms with Crippen molar-refractivity contribution >= 4 is 23.1 Å². The van der Waals surface area contributed by atoms with Gasteiger partial charge in [0.25, 0.3) is 0 Å². The smallest absolute Gasteiger partial charge is 0.180 e. The normalized spacial score (nSPS) is 12.0. The number of hydrogen-bond acceptors (Lipinski definition) is 3. The van der Waals surface area contributed by atoms with Crippen molar-refractivity contribution in [2.24, 2.45) is 15.9 Å². The Hall–Kier alpha value is -2.21. The molecule has 0 amide bonds. The first-order chi connectivity index (χ1) is 11.1. The van der Waals surface area contributed by atoms with E-state index in [0.29, 0.717) is 17.7 Å². The van der Waals surface area contributed by atoms with Crippen LogP contribution in [0.5, 0.6) is 0 Å². The standard InChI is InChI=1S/C17H17F2N3S/c1-2-13-8-9-14(16(19)15(13)18)10-21-22-17(20)23-11-12-6-4-3-5-7-12/h3-10H,2,11H2,1H3,(H2,20,22). The fraction of sp³-hybridized carbons (Fsp3) is 0.176. The number of aryl methyl sites for hydroxylation is 1. The highest BCUT2D eigenvalue weighted by Crippen LogP contribution is 2.16. The summed E-state index contributed by atoms with van der Waals surface area (Å²) in [6.45, 7) is 1.76. The Bertz CT molecular complexity index is 715. The van der Waals surface area contributed by atoms with Gasteiger partial charge in [0, 0.05) is 11.3 Å². The van der Waals surface area contributed by atoms with E-state index >= 15 is 0 Å². The van der Waals surface area contributed by atoms with Crippen molar-refractivity contribution in [3.05, 3.63) is 70.8 Å². The van der Waals surface area contributed by atoms with Crippen LogP contribution in [0.2, 0.25) is 0 Å². The highest BCUT2D eigenvalue weighted by molar-refractivity contribution is 8.13. The zero-order valence-corrected chi connectivity index (χ0v) is 13.5. The Morgan fingerprint density at radius 2 is 1.87 bits per heavy atom. The van der Waals surface area contributed by atoms with Crippen molar-refractivity contribution in [3.63, 3.8) is 0 Å². The van der Waals surface area contributed by atoms with Crippen LogP contribution in [0.4, 0.5) is 8.78 Å². The molecule has 0 heterocycles. The number of amidine groups is 1. The summed E-state index contributed by atoms with van der Waals surface area (Å²) in [7, 11) is 0. The van der Waals surface area contributed by atoms with Crippen LogP contribution in [-0.4, -0.2) is 11.4 Å². The topological polar surface area (TPSA) is 50.7 Å². The molecule has 0 radical (unpaired) electrons. The lowest BCUT2D eigenvalue weighted by Crippen LogP contribution is -2.06. The molecule has 2 aromatic rings. The fourth-order valence-electron chi connectivity index (χ4n) is 1.89. The lowest BCUT2D eigenvalue weighted by Gasteiger charge is -2.02. The summed E-state index contributed by atoms with van der Waals surface area (Å²) < 4.78 is 27.4. The molecule has 2 aromatic carbocycles. The van der Waals surface area contributed by atoms with Crippen molar-refractivity contribution in [2.45, 2.75) is 19.1 Å². The van der Waals surface area contributed by atoms with Gasteiger partial charge in [-0.1, -0.05) is 55.1 Å². The highest BCUT2D eigenvalue weighted by Gasteiger charge is 2.10. The molecule has 23 heavy (non-hydrogen) atoms. The van der Waals surface area contributed by atoms with Gasteiger partial charge in [-0.05, 0) is 23.6 Å². The zero-order chi connectivity index (χ0) is 16.7. The maximum absolute atomic E-state index is 13.8. The first-order valence-electron chi connectivity index (χ1n) is 7.12. The summed E-state index contributed by atoms with van der Waals surface area (Å²) >= 11 is 1.32. The Kier molecular flexibility index (Phi) is 6.29. The molecule has 0 spiro atoms. The van der Waals surface area contributed by atoms with E-state index in [0.717, 1.165) is 11.8 Å². The molecule has 0 atom stereocenters. The third-order valence-corrected chi connectivity index (χ3v) is 4.01. The van der Waals surface area contributed by atoms with Crippen molar-refractivity contribution in [3.8, 4) is 0 Å². The van der Waals surface area contributed by atoms with E-state index in [9.17, 15) is 8.78 Å². The van der Waals surface area contributed by atoms with Gasteiger partial charge < -0.3 is 5.73 Å². The molecular weight excluding hydrogens is 316 g/mol. The van der Waals surface area contributed by atoms with Crippen LogP contribution >= 0.6 is 11.8 Å². The Morgan fingerprint density at radius 1 is 1.13 bits per heavy atom. The second-order valence-corrected chi connectivity index (χ2v) is 5.75. The number of nitrogens with two attached hydrogens (primary N) is 1. The van der Waals surface area contributed by atoms with E-state index in [4.69, 9.17) is 5.73 Å². The van der Waals surface area contributed by atoms with Crippen LogP contribution < -0.4 is 5.73 Å². The Morgan fingerprint density at radius 3 is 2.57 bits per heavy atom. The zero-order valence-electron chi connectivity index (χ0n) is 12.7. The van der Waals surface area contributed by atoms with E-state index in [2.05, 4.69) is 10.2 Å². The van der Waals surface area contributed by atoms with Crippen LogP contribution in [0, 0.1) is 11.6 Å². The minimum absolute atomic E-state index is 0.0457. The predicted molar refractivity (Wildman–Crippen MR) is 92.7 cm³/mol. The highest BCUT2D eigenvalue weighted by atomic mass is 32.2. The molecular formula is C17H17F2N3S. The quantitative estimate of drug-likeness (QED) is 0.508. The van der Waals surface area contributed by atoms with Gasteiger partial charge in [0.1, 0.15) is 0 Å². The second-order valence-electron chi connectivity index (χ2n) is 4.75. The average molecular weight is 333 g/mol. The van der Waals surface area contributed by atoms with Crippen molar-refractivity contribution in [2.75, 3.05) is 0 Å². The molecule has 3 nitrogen and oxygen atoms in total. The minimum Gasteiger partial charge on any atom is -0.377 e. The third-order valence-electron chi connectivity index (χ3n) is 3.16. The van der Waals surface area contributed by atoms with Gasteiger partial charge in [-0.15, -0.1) is 5.10 Å². The number of rotatable bonds is 5. The van der Waals surface area contributed by atoms with Gasteiger partial charge in [-0.3, -0.25) is 0 Å². The van der Waals surface area contributed by atoms with Crippen LogP contribution in [-0.2, 0) is 12.2 Å². The first-order valence-corrected chi connectivity index (χ1v) is 8.10. The van der Waals surface area contributed by atoms with Crippen LogP contribution in [0.1, 0.15) is 23.6 Å². The lowest BCUT2D eigenvalue weighted by molar-refractivity contribution is 0.499. The summed E-state index contributed by atoms with van der Waals surface area (Å²) in [6.07, 6.45) is 1.59. The average Bonchev–Trinajstić information content (AvgIpc) is 2.58. The maximum Gasteiger partial charge on any atom is 0.180 e. The first kappa shape index (κ1) is 17.1. The monoisotopic (exact) mass is 333 g/mol. The van der Waals surface area contributed by atoms with E-state index in [1.54, 1.807) is 6.92 Å². The predicted octanol–water partition coefficient (Wildman–Crippen LogP) is 4.11. The second kappa shape index (κ2) is 8.43. The molecule has 2 N–H and O–H groups in total. The molecule has 120 valence electrons. The van der Waals surface area contributed by atoms with Crippen molar-refractivity contribution < 1.29 is 8.78 Å². The van der Waals surface area contributed by atoms with Gasteiger partial charge in [0.2, 0.25) is 0 Å². The molecule has 6 heteroatoms. The molecule has 2 rings (SSSR count). The summed E-state index contributed by atoms with van der Waals surface area (Å²) in [5.74, 6) is -1.09. The number of nitrogens with zero attached hydrogens (tertiary/aromatic N) is 2. The number of halogens is 2. The number of hydrogen-bond donors (Lipinski definition) is 1. The summed E-state index contributed by atoms with van der Waals surface area (Å²) in [6, 6.07) is 12.8. The molecule has 0 aliphatic rings. The van der Waals surface area contributed by atoms with Gasteiger partial charge in [0.15, 0.2) is 16.8 Å². The van der Waals surface area contributed by atoms with E-state index in [1.807, 2.05) is 30.3 Å². The van der Waals surface area contributed by atoms with E-state index in [1.165, 1.54) is 23.9 Å². The van der Waals surface area contributed by atoms with Gasteiger partial charge in [0.05, 0.1) is 6.21 Å². The maximum atomic E-state index is 13.8. The SMILES string of the molecule is CCc1ccc(C=NN=C(N)SCc2ccccc2)c(F)c1F. The molecule has 0 aliphatic carbocycles. The Balaban J connectivity index is 1.98. The summed E-state index contributed by atoms with van der Waals surface area (Å²) in [5, 5.41) is 7.77. The van der Waals surface area contributed by atoms with Crippen LogP contribution in [0.15, 0.2) is 52.7 Å².